The van der Waals surface area contributed by atoms with Crippen LogP contribution in [0.15, 0.2) is 52.9 Å². The van der Waals surface area contributed by atoms with E-state index in [-0.39, 0.29) is 5.56 Å². The van der Waals surface area contributed by atoms with Crippen LogP contribution in [0.3, 0.4) is 0 Å². The molecule has 0 aliphatic rings. The summed E-state index contributed by atoms with van der Waals surface area (Å²) >= 11 is 0. The van der Waals surface area contributed by atoms with Crippen LogP contribution in [0.25, 0.3) is 22.9 Å². The molecule has 3 rings (SSSR count). The van der Waals surface area contributed by atoms with Gasteiger partial charge < -0.3 is 14.5 Å². The molecule has 1 aromatic heterocycles. The number of rotatable bonds is 5. The van der Waals surface area contributed by atoms with Gasteiger partial charge in [-0.05, 0) is 42.8 Å². The lowest BCUT2D eigenvalue weighted by Gasteiger charge is -2.05. The molecule has 0 unspecified atom stereocenters. The number of hydrogen-bond donors (Lipinski definition) is 2. The molecule has 0 saturated heterocycles. The van der Waals surface area contributed by atoms with Gasteiger partial charge in [-0.3, -0.25) is 10.1 Å². The molecular weight excluding hydrogens is 376 g/mol. The summed E-state index contributed by atoms with van der Waals surface area (Å²) in [6.07, 6.45) is 0. The average Bonchev–Trinajstić information content (AvgIpc) is 3.22. The largest absolute Gasteiger partial charge is 0.452 e. The van der Waals surface area contributed by atoms with Crippen LogP contribution in [0.5, 0.6) is 0 Å². The number of aryl methyl sites for hydroxylation is 1. The van der Waals surface area contributed by atoms with Crippen LogP contribution in [0.4, 0.5) is 4.79 Å². The van der Waals surface area contributed by atoms with E-state index in [1.54, 1.807) is 12.1 Å². The zero-order chi connectivity index (χ0) is 20.8. The van der Waals surface area contributed by atoms with Crippen molar-refractivity contribution in [2.45, 2.75) is 6.92 Å². The highest BCUT2D eigenvalue weighted by Gasteiger charge is 2.15. The first-order valence-electron chi connectivity index (χ1n) is 8.66. The molecular formula is C20H18N4O5. The fourth-order valence-corrected chi connectivity index (χ4v) is 2.45. The van der Waals surface area contributed by atoms with Gasteiger partial charge in [-0.2, -0.15) is 0 Å². The van der Waals surface area contributed by atoms with Crippen molar-refractivity contribution in [2.75, 3.05) is 13.7 Å². The van der Waals surface area contributed by atoms with Gasteiger partial charge in [0.05, 0.1) is 5.56 Å². The van der Waals surface area contributed by atoms with Gasteiger partial charge in [-0.1, -0.05) is 18.2 Å². The predicted molar refractivity (Wildman–Crippen MR) is 103 cm³/mol. The average molecular weight is 394 g/mol. The Bertz CT molecular complexity index is 1040. The number of imide groups is 1. The number of nitrogens with zero attached hydrogens (tertiary/aromatic N) is 2. The Morgan fingerprint density at radius 2 is 1.69 bits per heavy atom. The van der Waals surface area contributed by atoms with Crippen molar-refractivity contribution < 1.29 is 23.5 Å². The normalized spacial score (nSPS) is 10.3. The Morgan fingerprint density at radius 1 is 1.00 bits per heavy atom. The third-order valence-electron chi connectivity index (χ3n) is 3.98. The minimum Gasteiger partial charge on any atom is -0.452 e. The van der Waals surface area contributed by atoms with E-state index >= 15 is 0 Å². The van der Waals surface area contributed by atoms with Gasteiger partial charge in [0.2, 0.25) is 11.8 Å². The maximum atomic E-state index is 12.0. The van der Waals surface area contributed by atoms with Gasteiger partial charge in [0, 0.05) is 18.2 Å². The summed E-state index contributed by atoms with van der Waals surface area (Å²) in [7, 11) is 1.36. The Kier molecular flexibility index (Phi) is 5.98. The number of hydrogen-bond acceptors (Lipinski definition) is 7. The van der Waals surface area contributed by atoms with Gasteiger partial charge in [-0.25, -0.2) is 9.59 Å². The standard InChI is InChI=1S/C20H18N4O5/c1-12-5-3-4-6-15(12)18-24-23-17(29-18)13-7-9-14(10-8-13)19(26)28-11-16(25)22-20(27)21-2/h3-10H,11H2,1-2H3,(H2,21,22,25,27). The molecule has 2 N–H and O–H groups in total. The number of esters is 1. The van der Waals surface area contributed by atoms with Gasteiger partial charge in [-0.15, -0.1) is 10.2 Å². The molecule has 1 heterocycles. The third-order valence-corrected chi connectivity index (χ3v) is 3.98. The number of amides is 3. The molecule has 0 radical (unpaired) electrons. The number of benzene rings is 2. The molecule has 9 nitrogen and oxygen atoms in total. The smallest absolute Gasteiger partial charge is 0.338 e. The van der Waals surface area contributed by atoms with Gasteiger partial charge in [0.25, 0.3) is 5.91 Å². The summed E-state index contributed by atoms with van der Waals surface area (Å²) in [5.41, 5.74) is 2.73. The summed E-state index contributed by atoms with van der Waals surface area (Å²) in [6, 6.07) is 13.3. The highest BCUT2D eigenvalue weighted by atomic mass is 16.5. The maximum absolute atomic E-state index is 12.0. The first-order valence-corrected chi connectivity index (χ1v) is 8.66. The van der Waals surface area contributed by atoms with Crippen molar-refractivity contribution in [2.24, 2.45) is 0 Å². The molecule has 3 aromatic rings. The second-order valence-corrected chi connectivity index (χ2v) is 6.01. The van der Waals surface area contributed by atoms with Crippen LogP contribution in [-0.4, -0.2) is 41.8 Å². The van der Waals surface area contributed by atoms with E-state index in [1.807, 2.05) is 36.5 Å². The molecule has 9 heteroatoms. The molecule has 3 amide bonds. The molecule has 0 aliphatic heterocycles. The third kappa shape index (κ3) is 4.83. The Morgan fingerprint density at radius 3 is 2.38 bits per heavy atom. The predicted octanol–water partition coefficient (Wildman–Crippen LogP) is 2.32. The van der Waals surface area contributed by atoms with Crippen LogP contribution in [0, 0.1) is 6.92 Å². The van der Waals surface area contributed by atoms with Crippen LogP contribution in [0.2, 0.25) is 0 Å². The first kappa shape index (κ1) is 19.7. The topological polar surface area (TPSA) is 123 Å². The molecule has 148 valence electrons. The lowest BCUT2D eigenvalue weighted by atomic mass is 10.1. The fourth-order valence-electron chi connectivity index (χ4n) is 2.45. The SMILES string of the molecule is CNC(=O)NC(=O)COC(=O)c1ccc(-c2nnc(-c3ccccc3C)o2)cc1. The van der Waals surface area contributed by atoms with Crippen LogP contribution >= 0.6 is 0 Å². The van der Waals surface area contributed by atoms with E-state index < -0.39 is 24.5 Å². The summed E-state index contributed by atoms with van der Waals surface area (Å²) in [6.45, 7) is 1.38. The maximum Gasteiger partial charge on any atom is 0.338 e. The van der Waals surface area contributed by atoms with Crippen molar-refractivity contribution in [3.8, 4) is 22.9 Å². The molecule has 0 spiro atoms. The van der Waals surface area contributed by atoms with Crippen LogP contribution in [0.1, 0.15) is 15.9 Å². The Labute approximate surface area is 166 Å². The first-order chi connectivity index (χ1) is 14.0. The number of carbonyl (C=O) groups is 3. The molecule has 0 aliphatic carbocycles. The molecule has 0 fully saturated rings. The van der Waals surface area contributed by atoms with Gasteiger partial charge in [0.1, 0.15) is 0 Å². The van der Waals surface area contributed by atoms with E-state index in [0.29, 0.717) is 17.3 Å². The highest BCUT2D eigenvalue weighted by molar-refractivity contribution is 5.97. The lowest BCUT2D eigenvalue weighted by Crippen LogP contribution is -2.39. The van der Waals surface area contributed by atoms with Gasteiger partial charge in [0.15, 0.2) is 6.61 Å². The highest BCUT2D eigenvalue weighted by Crippen LogP contribution is 2.26. The van der Waals surface area contributed by atoms with Crippen LogP contribution < -0.4 is 10.6 Å². The molecule has 2 aromatic carbocycles. The molecule has 29 heavy (non-hydrogen) atoms. The van der Waals surface area contributed by atoms with Gasteiger partial charge >= 0.3 is 12.0 Å². The summed E-state index contributed by atoms with van der Waals surface area (Å²) in [5.74, 6) is -0.713. The van der Waals surface area contributed by atoms with E-state index in [2.05, 4.69) is 15.5 Å². The van der Waals surface area contributed by atoms with Crippen molar-refractivity contribution in [3.05, 3.63) is 59.7 Å². The zero-order valence-corrected chi connectivity index (χ0v) is 15.8. The number of nitrogens with one attached hydrogen (secondary N) is 2. The minimum atomic E-state index is -0.732. The summed E-state index contributed by atoms with van der Waals surface area (Å²) in [5, 5.41) is 12.3. The Hall–Kier alpha value is -4.01. The van der Waals surface area contributed by atoms with E-state index in [4.69, 9.17) is 9.15 Å². The van der Waals surface area contributed by atoms with E-state index in [0.717, 1.165) is 11.1 Å². The number of aromatic nitrogens is 2. The number of urea groups is 1. The number of carbonyl (C=O) groups excluding carboxylic acids is 3. The Balaban J connectivity index is 1.65. The van der Waals surface area contributed by atoms with Crippen molar-refractivity contribution in [3.63, 3.8) is 0 Å². The molecule has 0 saturated carbocycles. The second kappa shape index (κ2) is 8.79. The lowest BCUT2D eigenvalue weighted by molar-refractivity contribution is -0.123. The summed E-state index contributed by atoms with van der Waals surface area (Å²) in [4.78, 5) is 34.5. The van der Waals surface area contributed by atoms with E-state index in [9.17, 15) is 14.4 Å². The fraction of sp³-hybridized carbons (Fsp3) is 0.150. The molecule has 0 atom stereocenters. The van der Waals surface area contributed by atoms with Crippen molar-refractivity contribution in [1.29, 1.82) is 0 Å². The second-order valence-electron chi connectivity index (χ2n) is 6.01. The summed E-state index contributed by atoms with van der Waals surface area (Å²) < 4.78 is 10.6. The monoisotopic (exact) mass is 394 g/mol. The van der Waals surface area contributed by atoms with Crippen LogP contribution in [-0.2, 0) is 9.53 Å². The van der Waals surface area contributed by atoms with E-state index in [1.165, 1.54) is 19.2 Å². The number of ether oxygens (including phenoxy) is 1. The zero-order valence-electron chi connectivity index (χ0n) is 15.8. The quantitative estimate of drug-likeness (QED) is 0.637. The minimum absolute atomic E-state index is 0.236. The molecule has 0 bridgehead atoms. The van der Waals surface area contributed by atoms with Crippen molar-refractivity contribution in [1.82, 2.24) is 20.8 Å². The van der Waals surface area contributed by atoms with Crippen molar-refractivity contribution >= 4 is 17.9 Å².